The molecule has 0 aromatic carbocycles. The van der Waals surface area contributed by atoms with Crippen molar-refractivity contribution in [2.45, 2.75) is 12.1 Å². The van der Waals surface area contributed by atoms with Gasteiger partial charge in [0.1, 0.15) is 12.1 Å². The molecule has 0 saturated carbocycles. The van der Waals surface area contributed by atoms with Crippen molar-refractivity contribution in [2.24, 2.45) is 5.73 Å². The summed E-state index contributed by atoms with van der Waals surface area (Å²) in [5.74, 6) is -0.346. The number of aliphatic hydroxyl groups is 1. The minimum atomic E-state index is -1.27. The summed E-state index contributed by atoms with van der Waals surface area (Å²) >= 11 is 11.9. The first-order valence-corrected chi connectivity index (χ1v) is 6.44. The first-order chi connectivity index (χ1) is 9.02. The number of hydrogen-bond donors (Lipinski definition) is 2. The Labute approximate surface area is 144 Å². The van der Waals surface area contributed by atoms with Crippen molar-refractivity contribution in [3.8, 4) is 0 Å². The molecule has 0 fully saturated rings. The molecule has 1 aliphatic heterocycles. The van der Waals surface area contributed by atoms with Crippen LogP contribution in [0.3, 0.4) is 0 Å². The fourth-order valence-corrected chi connectivity index (χ4v) is 2.48. The average Bonchev–Trinajstić information content (AvgIpc) is 2.90. The molecule has 2 atom stereocenters. The molecule has 0 aliphatic carbocycles. The van der Waals surface area contributed by atoms with Gasteiger partial charge >= 0.3 is 0 Å². The molecule has 9 heteroatoms. The number of carbonyl (C=O) groups excluding carboxylic acids is 1. The molecular formula is C12H15Cl4N3O2. The molecule has 1 aliphatic rings. The third-order valence-corrected chi connectivity index (χ3v) is 3.54. The van der Waals surface area contributed by atoms with Crippen LogP contribution in [0, 0.1) is 0 Å². The minimum absolute atomic E-state index is 0. The number of aromatic nitrogens is 1. The molecule has 0 radical (unpaired) electrons. The van der Waals surface area contributed by atoms with E-state index in [-0.39, 0.29) is 46.3 Å². The second-order valence-corrected chi connectivity index (χ2v) is 5.02. The second-order valence-electron chi connectivity index (χ2n) is 4.20. The number of pyridine rings is 1. The number of nitrogens with two attached hydrogens (primary N) is 1. The van der Waals surface area contributed by atoms with Gasteiger partial charge in [-0.3, -0.25) is 9.78 Å². The quantitative estimate of drug-likeness (QED) is 0.793. The maximum Gasteiger partial charge on any atom is 0.243 e. The topological polar surface area (TPSA) is 79.5 Å². The van der Waals surface area contributed by atoms with Gasteiger partial charge in [0, 0.05) is 31.0 Å². The highest BCUT2D eigenvalue weighted by atomic mass is 35.5. The molecule has 0 saturated heterocycles. The third kappa shape index (κ3) is 4.45. The largest absolute Gasteiger partial charge is 0.386 e. The summed E-state index contributed by atoms with van der Waals surface area (Å²) in [5.41, 5.74) is 6.03. The Morgan fingerprint density at radius 2 is 1.71 bits per heavy atom. The van der Waals surface area contributed by atoms with Crippen molar-refractivity contribution in [1.29, 1.82) is 0 Å². The number of carbonyl (C=O) groups is 1. The molecule has 2 rings (SSSR count). The number of hydrogen-bond acceptors (Lipinski definition) is 4. The van der Waals surface area contributed by atoms with E-state index in [4.69, 9.17) is 28.9 Å². The van der Waals surface area contributed by atoms with Crippen molar-refractivity contribution in [3.05, 3.63) is 40.2 Å². The SMILES string of the molecule is Cl.Cl.NC(C(=O)N1CC=CC1)C(O)c1c(Cl)cncc1Cl. The predicted molar refractivity (Wildman–Crippen MR) is 87.4 cm³/mol. The second kappa shape index (κ2) is 8.78. The Hall–Kier alpha value is -0.560. The number of halogens is 4. The zero-order chi connectivity index (χ0) is 14.0. The molecule has 1 amide bonds. The monoisotopic (exact) mass is 373 g/mol. The van der Waals surface area contributed by atoms with Gasteiger partial charge in [-0.15, -0.1) is 24.8 Å². The molecule has 118 valence electrons. The molecule has 5 nitrogen and oxygen atoms in total. The van der Waals surface area contributed by atoms with Crippen LogP contribution < -0.4 is 5.73 Å². The van der Waals surface area contributed by atoms with E-state index in [0.717, 1.165) is 0 Å². The summed E-state index contributed by atoms with van der Waals surface area (Å²) in [6.45, 7) is 0.994. The van der Waals surface area contributed by atoms with Gasteiger partial charge in [-0.2, -0.15) is 0 Å². The van der Waals surface area contributed by atoms with E-state index in [2.05, 4.69) is 4.98 Å². The van der Waals surface area contributed by atoms with Gasteiger partial charge in [-0.1, -0.05) is 35.4 Å². The number of amides is 1. The summed E-state index contributed by atoms with van der Waals surface area (Å²) in [6.07, 6.45) is 5.16. The summed E-state index contributed by atoms with van der Waals surface area (Å²) < 4.78 is 0. The average molecular weight is 375 g/mol. The van der Waals surface area contributed by atoms with Crippen LogP contribution in [0.25, 0.3) is 0 Å². The highest BCUT2D eigenvalue weighted by Gasteiger charge is 2.31. The van der Waals surface area contributed by atoms with Crippen LogP contribution in [0.15, 0.2) is 24.5 Å². The maximum absolute atomic E-state index is 12.1. The number of rotatable bonds is 3. The van der Waals surface area contributed by atoms with Crippen molar-refractivity contribution >= 4 is 53.9 Å². The first kappa shape index (κ1) is 20.4. The summed E-state index contributed by atoms with van der Waals surface area (Å²) in [5, 5.41) is 10.6. The highest BCUT2D eigenvalue weighted by molar-refractivity contribution is 6.35. The normalized spacial score (nSPS) is 15.9. The number of nitrogens with zero attached hydrogens (tertiary/aromatic N) is 2. The molecule has 1 aromatic rings. The van der Waals surface area contributed by atoms with Crippen LogP contribution in [0.1, 0.15) is 11.7 Å². The van der Waals surface area contributed by atoms with E-state index in [1.165, 1.54) is 17.3 Å². The lowest BCUT2D eigenvalue weighted by Gasteiger charge is -2.25. The molecule has 2 unspecified atom stereocenters. The van der Waals surface area contributed by atoms with Crippen LogP contribution in [-0.2, 0) is 4.79 Å². The Bertz CT molecular complexity index is 499. The molecular weight excluding hydrogens is 360 g/mol. The lowest BCUT2D eigenvalue weighted by molar-refractivity contribution is -0.133. The zero-order valence-corrected chi connectivity index (χ0v) is 13.9. The molecule has 1 aromatic heterocycles. The Morgan fingerprint density at radius 3 is 2.19 bits per heavy atom. The highest BCUT2D eigenvalue weighted by Crippen LogP contribution is 2.31. The zero-order valence-electron chi connectivity index (χ0n) is 10.8. The maximum atomic E-state index is 12.1. The van der Waals surface area contributed by atoms with Gasteiger partial charge in [-0.05, 0) is 0 Å². The van der Waals surface area contributed by atoms with E-state index in [1.807, 2.05) is 12.2 Å². The van der Waals surface area contributed by atoms with Gasteiger partial charge < -0.3 is 15.7 Å². The van der Waals surface area contributed by atoms with Crippen LogP contribution >= 0.6 is 48.0 Å². The van der Waals surface area contributed by atoms with Crippen LogP contribution in [0.5, 0.6) is 0 Å². The van der Waals surface area contributed by atoms with Gasteiger partial charge in [0.15, 0.2) is 0 Å². The molecule has 3 N–H and O–H groups in total. The molecule has 0 spiro atoms. The van der Waals surface area contributed by atoms with Crippen molar-refractivity contribution in [1.82, 2.24) is 9.88 Å². The van der Waals surface area contributed by atoms with E-state index in [1.54, 1.807) is 0 Å². The summed E-state index contributed by atoms with van der Waals surface area (Å²) in [7, 11) is 0. The minimum Gasteiger partial charge on any atom is -0.386 e. The fraction of sp³-hybridized carbons (Fsp3) is 0.333. The summed E-state index contributed by atoms with van der Waals surface area (Å²) in [6, 6.07) is -1.11. The first-order valence-electron chi connectivity index (χ1n) is 5.68. The van der Waals surface area contributed by atoms with E-state index >= 15 is 0 Å². The Kier molecular flexibility index (Phi) is 8.54. The van der Waals surface area contributed by atoms with Crippen molar-refractivity contribution < 1.29 is 9.90 Å². The standard InChI is InChI=1S/C12H13Cl2N3O2.2ClH/c13-7-5-16-6-8(14)9(7)11(18)10(15)12(19)17-3-1-2-4-17;;/h1-2,5-6,10-11,18H,3-4,15H2;2*1H. The van der Waals surface area contributed by atoms with Gasteiger partial charge in [0.05, 0.1) is 10.0 Å². The smallest absolute Gasteiger partial charge is 0.243 e. The van der Waals surface area contributed by atoms with Gasteiger partial charge in [-0.25, -0.2) is 0 Å². The van der Waals surface area contributed by atoms with Gasteiger partial charge in [0.25, 0.3) is 0 Å². The Balaban J connectivity index is 0.00000200. The molecule has 21 heavy (non-hydrogen) atoms. The van der Waals surface area contributed by atoms with Crippen molar-refractivity contribution in [2.75, 3.05) is 13.1 Å². The van der Waals surface area contributed by atoms with Crippen LogP contribution in [0.4, 0.5) is 0 Å². The number of aliphatic hydroxyl groups excluding tert-OH is 1. The molecule has 0 bridgehead atoms. The van der Waals surface area contributed by atoms with Crippen LogP contribution in [0.2, 0.25) is 10.0 Å². The predicted octanol–water partition coefficient (Wildman–Crippen LogP) is 1.99. The molecule has 2 heterocycles. The summed E-state index contributed by atoms with van der Waals surface area (Å²) in [4.78, 5) is 17.4. The lowest BCUT2D eigenvalue weighted by Crippen LogP contribution is -2.46. The van der Waals surface area contributed by atoms with E-state index < -0.39 is 12.1 Å². The van der Waals surface area contributed by atoms with Gasteiger partial charge in [0.2, 0.25) is 5.91 Å². The van der Waals surface area contributed by atoms with Crippen molar-refractivity contribution in [3.63, 3.8) is 0 Å². The lowest BCUT2D eigenvalue weighted by atomic mass is 10.0. The van der Waals surface area contributed by atoms with E-state index in [9.17, 15) is 9.90 Å². The van der Waals surface area contributed by atoms with E-state index in [0.29, 0.717) is 13.1 Å². The fourth-order valence-electron chi connectivity index (χ4n) is 1.89. The third-order valence-electron chi connectivity index (χ3n) is 2.94. The van der Waals surface area contributed by atoms with Crippen LogP contribution in [-0.4, -0.2) is 40.0 Å². The Morgan fingerprint density at radius 1 is 1.24 bits per heavy atom.